The van der Waals surface area contributed by atoms with Crippen molar-refractivity contribution in [1.29, 1.82) is 0 Å². The van der Waals surface area contributed by atoms with Crippen molar-refractivity contribution in [2.24, 2.45) is 13.0 Å². The standard InChI is InChI=1S/C15H25N3O/c1-11-9-12(17(2)16-11)10-18-8-4-6-14(18)13-5-3-7-15(13)19/h9,13-15,19H,3-8,10H2,1-2H3. The first-order valence-corrected chi connectivity index (χ1v) is 7.57. The second-order valence-corrected chi connectivity index (χ2v) is 6.24. The lowest BCUT2D eigenvalue weighted by Gasteiger charge is -2.31. The molecule has 2 fully saturated rings. The fourth-order valence-electron chi connectivity index (χ4n) is 3.97. The van der Waals surface area contributed by atoms with E-state index in [-0.39, 0.29) is 6.10 Å². The third kappa shape index (κ3) is 2.56. The van der Waals surface area contributed by atoms with Crippen LogP contribution in [0.25, 0.3) is 0 Å². The molecule has 2 aliphatic rings. The normalized spacial score (nSPS) is 32.3. The molecule has 1 aliphatic carbocycles. The van der Waals surface area contributed by atoms with E-state index in [0.717, 1.165) is 25.2 Å². The monoisotopic (exact) mass is 263 g/mol. The molecule has 0 aromatic carbocycles. The molecule has 4 heteroatoms. The van der Waals surface area contributed by atoms with Crippen molar-refractivity contribution in [3.63, 3.8) is 0 Å². The molecule has 3 rings (SSSR count). The van der Waals surface area contributed by atoms with Gasteiger partial charge in [0.05, 0.1) is 17.5 Å². The topological polar surface area (TPSA) is 41.3 Å². The number of aromatic nitrogens is 2. The van der Waals surface area contributed by atoms with Crippen molar-refractivity contribution in [2.45, 2.75) is 57.7 Å². The van der Waals surface area contributed by atoms with E-state index in [9.17, 15) is 5.11 Å². The van der Waals surface area contributed by atoms with Gasteiger partial charge in [-0.05, 0) is 45.2 Å². The zero-order chi connectivity index (χ0) is 13.4. The lowest BCUT2D eigenvalue weighted by Crippen LogP contribution is -2.38. The maximum absolute atomic E-state index is 10.1. The van der Waals surface area contributed by atoms with E-state index >= 15 is 0 Å². The molecule has 0 radical (unpaired) electrons. The Bertz CT molecular complexity index is 443. The summed E-state index contributed by atoms with van der Waals surface area (Å²) in [5, 5.41) is 14.6. The van der Waals surface area contributed by atoms with Crippen molar-refractivity contribution < 1.29 is 5.11 Å². The molecule has 1 saturated carbocycles. The molecule has 2 heterocycles. The van der Waals surface area contributed by atoms with E-state index in [1.165, 1.54) is 31.4 Å². The molecule has 1 aromatic heterocycles. The number of hydrogen-bond donors (Lipinski definition) is 1. The van der Waals surface area contributed by atoms with Crippen molar-refractivity contribution in [3.05, 3.63) is 17.5 Å². The largest absolute Gasteiger partial charge is 0.393 e. The molecular formula is C15H25N3O. The summed E-state index contributed by atoms with van der Waals surface area (Å²) in [6.45, 7) is 4.19. The zero-order valence-electron chi connectivity index (χ0n) is 12.0. The van der Waals surface area contributed by atoms with Crippen LogP contribution in [0, 0.1) is 12.8 Å². The molecule has 19 heavy (non-hydrogen) atoms. The van der Waals surface area contributed by atoms with Crippen LogP contribution in [0.2, 0.25) is 0 Å². The van der Waals surface area contributed by atoms with Crippen LogP contribution in [0.15, 0.2) is 6.07 Å². The zero-order valence-corrected chi connectivity index (χ0v) is 12.0. The Kier molecular flexibility index (Phi) is 3.63. The highest BCUT2D eigenvalue weighted by Crippen LogP contribution is 2.36. The second-order valence-electron chi connectivity index (χ2n) is 6.24. The number of aliphatic hydroxyl groups is 1. The highest BCUT2D eigenvalue weighted by Gasteiger charge is 2.38. The van der Waals surface area contributed by atoms with Crippen LogP contribution in [0.1, 0.15) is 43.5 Å². The summed E-state index contributed by atoms with van der Waals surface area (Å²) in [5.41, 5.74) is 2.38. The van der Waals surface area contributed by atoms with Gasteiger partial charge in [0, 0.05) is 25.6 Å². The molecule has 0 bridgehead atoms. The van der Waals surface area contributed by atoms with Gasteiger partial charge in [0.25, 0.3) is 0 Å². The quantitative estimate of drug-likeness (QED) is 0.905. The first-order chi connectivity index (χ1) is 9.15. The van der Waals surface area contributed by atoms with Crippen molar-refractivity contribution in [2.75, 3.05) is 6.54 Å². The summed E-state index contributed by atoms with van der Waals surface area (Å²) in [6, 6.07) is 2.76. The predicted octanol–water partition coefficient (Wildman–Crippen LogP) is 1.85. The molecule has 0 amide bonds. The third-order valence-corrected chi connectivity index (χ3v) is 4.90. The Labute approximate surface area is 115 Å². The summed E-state index contributed by atoms with van der Waals surface area (Å²) in [6.07, 6.45) is 5.84. The summed E-state index contributed by atoms with van der Waals surface area (Å²) in [5.74, 6) is 0.497. The van der Waals surface area contributed by atoms with Crippen LogP contribution in [-0.4, -0.2) is 38.5 Å². The molecule has 106 valence electrons. The molecule has 3 unspecified atom stereocenters. The highest BCUT2D eigenvalue weighted by atomic mass is 16.3. The molecule has 1 aliphatic heterocycles. The number of nitrogens with zero attached hydrogens (tertiary/aromatic N) is 3. The van der Waals surface area contributed by atoms with Gasteiger partial charge in [-0.1, -0.05) is 6.42 Å². The van der Waals surface area contributed by atoms with Gasteiger partial charge in [0.2, 0.25) is 0 Å². The van der Waals surface area contributed by atoms with Crippen LogP contribution in [-0.2, 0) is 13.6 Å². The molecule has 0 spiro atoms. The lowest BCUT2D eigenvalue weighted by atomic mass is 9.94. The van der Waals surface area contributed by atoms with Crippen molar-refractivity contribution >= 4 is 0 Å². The maximum atomic E-state index is 10.1. The van der Waals surface area contributed by atoms with Crippen LogP contribution in [0.4, 0.5) is 0 Å². The second kappa shape index (κ2) is 5.25. The fourth-order valence-corrected chi connectivity index (χ4v) is 3.97. The minimum Gasteiger partial charge on any atom is -0.393 e. The van der Waals surface area contributed by atoms with Gasteiger partial charge in [-0.2, -0.15) is 5.10 Å². The lowest BCUT2D eigenvalue weighted by molar-refractivity contribution is 0.0710. The van der Waals surface area contributed by atoms with E-state index in [0.29, 0.717) is 12.0 Å². The number of aryl methyl sites for hydroxylation is 2. The van der Waals surface area contributed by atoms with Gasteiger partial charge in [-0.3, -0.25) is 9.58 Å². The van der Waals surface area contributed by atoms with Gasteiger partial charge in [0.15, 0.2) is 0 Å². The minimum absolute atomic E-state index is 0.0705. The van der Waals surface area contributed by atoms with E-state index < -0.39 is 0 Å². The number of likely N-dealkylation sites (tertiary alicyclic amines) is 1. The number of aliphatic hydroxyl groups excluding tert-OH is 1. The van der Waals surface area contributed by atoms with Gasteiger partial charge >= 0.3 is 0 Å². The molecule has 1 aromatic rings. The highest BCUT2D eigenvalue weighted by molar-refractivity contribution is 5.09. The molecule has 3 atom stereocenters. The average Bonchev–Trinajstić information content (AvgIpc) is 3.02. The van der Waals surface area contributed by atoms with Crippen LogP contribution < -0.4 is 0 Å². The van der Waals surface area contributed by atoms with E-state index in [4.69, 9.17) is 0 Å². The van der Waals surface area contributed by atoms with Gasteiger partial charge in [-0.15, -0.1) is 0 Å². The maximum Gasteiger partial charge on any atom is 0.0597 e. The summed E-state index contributed by atoms with van der Waals surface area (Å²) >= 11 is 0. The Morgan fingerprint density at radius 1 is 1.32 bits per heavy atom. The molecule has 4 nitrogen and oxygen atoms in total. The van der Waals surface area contributed by atoms with E-state index in [1.807, 2.05) is 18.7 Å². The fraction of sp³-hybridized carbons (Fsp3) is 0.800. The molecular weight excluding hydrogens is 238 g/mol. The van der Waals surface area contributed by atoms with Crippen molar-refractivity contribution in [3.8, 4) is 0 Å². The van der Waals surface area contributed by atoms with Gasteiger partial charge in [-0.25, -0.2) is 0 Å². The Balaban J connectivity index is 1.71. The van der Waals surface area contributed by atoms with E-state index in [2.05, 4.69) is 16.1 Å². The average molecular weight is 263 g/mol. The smallest absolute Gasteiger partial charge is 0.0597 e. The summed E-state index contributed by atoms with van der Waals surface area (Å²) in [7, 11) is 2.03. The summed E-state index contributed by atoms with van der Waals surface area (Å²) < 4.78 is 2.00. The van der Waals surface area contributed by atoms with Crippen LogP contribution in [0.3, 0.4) is 0 Å². The van der Waals surface area contributed by atoms with Crippen LogP contribution in [0.5, 0.6) is 0 Å². The predicted molar refractivity (Wildman–Crippen MR) is 74.7 cm³/mol. The minimum atomic E-state index is -0.0705. The van der Waals surface area contributed by atoms with Gasteiger partial charge < -0.3 is 5.11 Å². The first-order valence-electron chi connectivity index (χ1n) is 7.57. The Hall–Kier alpha value is -0.870. The van der Waals surface area contributed by atoms with E-state index in [1.54, 1.807) is 0 Å². The SMILES string of the molecule is Cc1cc(CN2CCCC2C2CCCC2O)n(C)n1. The first kappa shape index (κ1) is 13.1. The summed E-state index contributed by atoms with van der Waals surface area (Å²) in [4.78, 5) is 2.57. The Morgan fingerprint density at radius 2 is 2.16 bits per heavy atom. The Morgan fingerprint density at radius 3 is 2.79 bits per heavy atom. The molecule has 1 saturated heterocycles. The van der Waals surface area contributed by atoms with Crippen LogP contribution >= 0.6 is 0 Å². The number of rotatable bonds is 3. The number of hydrogen-bond acceptors (Lipinski definition) is 3. The van der Waals surface area contributed by atoms with Gasteiger partial charge in [0.1, 0.15) is 0 Å². The van der Waals surface area contributed by atoms with Crippen molar-refractivity contribution in [1.82, 2.24) is 14.7 Å². The third-order valence-electron chi connectivity index (χ3n) is 4.90. The molecule has 1 N–H and O–H groups in total.